The average molecular weight is 165 g/mol. The largest absolute Gasteiger partial charge is 0.378 e. The fraction of sp³-hybridized carbons (Fsp3) is 0.600. The summed E-state index contributed by atoms with van der Waals surface area (Å²) in [5, 5.41) is 0. The molecule has 1 saturated heterocycles. The van der Waals surface area contributed by atoms with E-state index in [4.69, 9.17) is 4.74 Å². The molecule has 0 saturated carbocycles. The summed E-state index contributed by atoms with van der Waals surface area (Å²) in [6.45, 7) is 7.86. The van der Waals surface area contributed by atoms with Crippen molar-refractivity contribution in [3.8, 4) is 0 Å². The highest BCUT2D eigenvalue weighted by molar-refractivity contribution is 5.32. The first-order valence-corrected chi connectivity index (χ1v) is 4.59. The second-order valence-corrected chi connectivity index (χ2v) is 3.33. The lowest BCUT2D eigenvalue weighted by Crippen LogP contribution is -2.35. The molecule has 0 spiro atoms. The second-order valence-electron chi connectivity index (χ2n) is 3.33. The van der Waals surface area contributed by atoms with Crippen LogP contribution in [0.15, 0.2) is 23.9 Å². The molecular formula is C10H15NO. The molecule has 0 atom stereocenters. The Kier molecular flexibility index (Phi) is 2.17. The fourth-order valence-corrected chi connectivity index (χ4v) is 1.81. The number of hydrogen-bond donors (Lipinski definition) is 0. The van der Waals surface area contributed by atoms with Crippen LogP contribution in [0.2, 0.25) is 0 Å². The summed E-state index contributed by atoms with van der Waals surface area (Å²) in [5.41, 5.74) is 2.68. The Morgan fingerprint density at radius 2 is 2.08 bits per heavy atom. The predicted octanol–water partition coefficient (Wildman–Crippen LogP) is 1.55. The van der Waals surface area contributed by atoms with Gasteiger partial charge in [-0.2, -0.15) is 0 Å². The molecule has 0 N–H and O–H groups in total. The van der Waals surface area contributed by atoms with Gasteiger partial charge in [-0.3, -0.25) is 0 Å². The molecule has 66 valence electrons. The quantitative estimate of drug-likeness (QED) is 0.584. The van der Waals surface area contributed by atoms with Crippen LogP contribution in [0.25, 0.3) is 0 Å². The normalized spacial score (nSPS) is 24.5. The van der Waals surface area contributed by atoms with Gasteiger partial charge in [0.2, 0.25) is 0 Å². The zero-order valence-electron chi connectivity index (χ0n) is 7.38. The van der Waals surface area contributed by atoms with Crippen molar-refractivity contribution in [1.82, 2.24) is 4.90 Å². The molecule has 0 aromatic rings. The fourth-order valence-electron chi connectivity index (χ4n) is 1.81. The molecule has 0 bridgehead atoms. The first-order valence-electron chi connectivity index (χ1n) is 4.59. The minimum Gasteiger partial charge on any atom is -0.378 e. The maximum atomic E-state index is 5.30. The van der Waals surface area contributed by atoms with Crippen LogP contribution < -0.4 is 0 Å². The van der Waals surface area contributed by atoms with E-state index in [9.17, 15) is 0 Å². The van der Waals surface area contributed by atoms with Gasteiger partial charge in [0.15, 0.2) is 0 Å². The van der Waals surface area contributed by atoms with Crippen LogP contribution in [0, 0.1) is 0 Å². The molecule has 0 aromatic heterocycles. The van der Waals surface area contributed by atoms with Gasteiger partial charge in [0.25, 0.3) is 0 Å². The van der Waals surface area contributed by atoms with E-state index < -0.39 is 0 Å². The van der Waals surface area contributed by atoms with Gasteiger partial charge >= 0.3 is 0 Å². The van der Waals surface area contributed by atoms with Gasteiger partial charge in [0.05, 0.1) is 13.2 Å². The number of morpholine rings is 1. The molecule has 0 amide bonds. The third-order valence-corrected chi connectivity index (χ3v) is 2.50. The molecule has 1 aliphatic carbocycles. The Morgan fingerprint density at radius 1 is 1.33 bits per heavy atom. The molecule has 2 rings (SSSR count). The van der Waals surface area contributed by atoms with Gasteiger partial charge < -0.3 is 9.64 Å². The summed E-state index contributed by atoms with van der Waals surface area (Å²) in [7, 11) is 0. The van der Waals surface area contributed by atoms with Crippen molar-refractivity contribution in [2.45, 2.75) is 12.8 Å². The zero-order valence-corrected chi connectivity index (χ0v) is 7.38. The monoisotopic (exact) mass is 165 g/mol. The van der Waals surface area contributed by atoms with E-state index in [1.165, 1.54) is 17.7 Å². The van der Waals surface area contributed by atoms with Crippen molar-refractivity contribution in [2.75, 3.05) is 26.3 Å². The summed E-state index contributed by atoms with van der Waals surface area (Å²) in [6, 6.07) is 0. The van der Waals surface area contributed by atoms with Gasteiger partial charge in [0, 0.05) is 18.8 Å². The van der Waals surface area contributed by atoms with E-state index in [1.54, 1.807) is 0 Å². The number of allylic oxidation sites excluding steroid dienone is 2. The van der Waals surface area contributed by atoms with Crippen LogP contribution in [0.5, 0.6) is 0 Å². The van der Waals surface area contributed by atoms with E-state index in [2.05, 4.69) is 17.6 Å². The van der Waals surface area contributed by atoms with Crippen LogP contribution in [0.1, 0.15) is 12.8 Å². The number of ether oxygens (including phenoxy) is 1. The smallest absolute Gasteiger partial charge is 0.0642 e. The highest BCUT2D eigenvalue weighted by atomic mass is 16.5. The standard InChI is InChI=1S/C10H15NO/c1-9-3-2-4-10(9)11-5-7-12-8-6-11/h4H,1-3,5-8H2. The average Bonchev–Trinajstić information content (AvgIpc) is 2.53. The lowest BCUT2D eigenvalue weighted by molar-refractivity contribution is 0.0550. The topological polar surface area (TPSA) is 12.5 Å². The van der Waals surface area contributed by atoms with Crippen molar-refractivity contribution < 1.29 is 4.74 Å². The number of nitrogens with zero attached hydrogens (tertiary/aromatic N) is 1. The summed E-state index contributed by atoms with van der Waals surface area (Å²) < 4.78 is 5.30. The molecular weight excluding hydrogens is 150 g/mol. The molecule has 0 unspecified atom stereocenters. The molecule has 2 aliphatic rings. The van der Waals surface area contributed by atoms with Gasteiger partial charge in [-0.05, 0) is 18.4 Å². The Labute approximate surface area is 73.5 Å². The molecule has 2 nitrogen and oxygen atoms in total. The van der Waals surface area contributed by atoms with Gasteiger partial charge in [-0.25, -0.2) is 0 Å². The van der Waals surface area contributed by atoms with E-state index in [0.29, 0.717) is 0 Å². The highest BCUT2D eigenvalue weighted by Crippen LogP contribution is 2.26. The summed E-state index contributed by atoms with van der Waals surface area (Å²) in [5.74, 6) is 0. The minimum atomic E-state index is 0.866. The molecule has 1 heterocycles. The third-order valence-electron chi connectivity index (χ3n) is 2.50. The van der Waals surface area contributed by atoms with Crippen molar-refractivity contribution in [3.05, 3.63) is 23.9 Å². The molecule has 1 fully saturated rings. The summed E-state index contributed by atoms with van der Waals surface area (Å²) in [6.07, 6.45) is 4.62. The van der Waals surface area contributed by atoms with E-state index in [-0.39, 0.29) is 0 Å². The SMILES string of the molecule is C=C1CCC=C1N1CCOCC1. The maximum Gasteiger partial charge on any atom is 0.0642 e. The number of rotatable bonds is 1. The zero-order chi connectivity index (χ0) is 8.39. The Hall–Kier alpha value is -0.760. The molecule has 0 radical (unpaired) electrons. The first-order chi connectivity index (χ1) is 5.88. The Bertz CT molecular complexity index is 214. The molecule has 0 aromatic carbocycles. The highest BCUT2D eigenvalue weighted by Gasteiger charge is 2.18. The van der Waals surface area contributed by atoms with Crippen LogP contribution in [-0.4, -0.2) is 31.2 Å². The van der Waals surface area contributed by atoms with E-state index >= 15 is 0 Å². The lowest BCUT2D eigenvalue weighted by atomic mass is 10.2. The third kappa shape index (κ3) is 1.39. The summed E-state index contributed by atoms with van der Waals surface area (Å²) >= 11 is 0. The molecule has 1 aliphatic heterocycles. The second kappa shape index (κ2) is 3.31. The Balaban J connectivity index is 2.02. The minimum absolute atomic E-state index is 0.866. The molecule has 2 heteroatoms. The van der Waals surface area contributed by atoms with Gasteiger partial charge in [-0.1, -0.05) is 12.7 Å². The summed E-state index contributed by atoms with van der Waals surface area (Å²) in [4.78, 5) is 2.39. The first kappa shape index (κ1) is 7.87. The van der Waals surface area contributed by atoms with Crippen LogP contribution in [-0.2, 0) is 4.74 Å². The van der Waals surface area contributed by atoms with Crippen LogP contribution in [0.3, 0.4) is 0 Å². The van der Waals surface area contributed by atoms with Crippen molar-refractivity contribution >= 4 is 0 Å². The van der Waals surface area contributed by atoms with E-state index in [0.717, 1.165) is 32.7 Å². The van der Waals surface area contributed by atoms with Gasteiger partial charge in [0.1, 0.15) is 0 Å². The van der Waals surface area contributed by atoms with Crippen LogP contribution in [0.4, 0.5) is 0 Å². The number of hydrogen-bond acceptors (Lipinski definition) is 2. The van der Waals surface area contributed by atoms with Crippen LogP contribution >= 0.6 is 0 Å². The van der Waals surface area contributed by atoms with Crippen molar-refractivity contribution in [2.24, 2.45) is 0 Å². The van der Waals surface area contributed by atoms with Crippen molar-refractivity contribution in [1.29, 1.82) is 0 Å². The lowest BCUT2D eigenvalue weighted by Gasteiger charge is -2.30. The van der Waals surface area contributed by atoms with E-state index in [1.807, 2.05) is 0 Å². The molecule has 12 heavy (non-hydrogen) atoms. The van der Waals surface area contributed by atoms with Crippen molar-refractivity contribution in [3.63, 3.8) is 0 Å². The maximum absolute atomic E-state index is 5.30. The Morgan fingerprint density at radius 3 is 2.67 bits per heavy atom. The predicted molar refractivity (Wildman–Crippen MR) is 48.8 cm³/mol. The van der Waals surface area contributed by atoms with Gasteiger partial charge in [-0.15, -0.1) is 0 Å².